The van der Waals surface area contributed by atoms with Crippen molar-refractivity contribution in [3.05, 3.63) is 30.1 Å². The standard InChI is InChI=1S/C13H21N3.ClH/c14-7-4-13-3-1-2-10-16(13)11-12-5-8-15-9-6-12;/h5-6,8-9,13H,1-4,7,10-11,14H2;1H. The van der Waals surface area contributed by atoms with E-state index in [0.717, 1.165) is 19.5 Å². The first-order valence-corrected chi connectivity index (χ1v) is 6.23. The quantitative estimate of drug-likeness (QED) is 0.897. The molecule has 1 aliphatic rings. The number of pyridine rings is 1. The first kappa shape index (κ1) is 14.4. The van der Waals surface area contributed by atoms with Crippen LogP contribution in [0.2, 0.25) is 0 Å². The van der Waals surface area contributed by atoms with Gasteiger partial charge in [-0.2, -0.15) is 0 Å². The molecule has 2 N–H and O–H groups in total. The van der Waals surface area contributed by atoms with E-state index >= 15 is 0 Å². The lowest BCUT2D eigenvalue weighted by atomic mass is 9.99. The zero-order valence-corrected chi connectivity index (χ0v) is 11.0. The number of hydrogen-bond acceptors (Lipinski definition) is 3. The van der Waals surface area contributed by atoms with Crippen LogP contribution in [0.3, 0.4) is 0 Å². The molecule has 17 heavy (non-hydrogen) atoms. The average molecular weight is 256 g/mol. The molecule has 0 radical (unpaired) electrons. The fourth-order valence-corrected chi connectivity index (χ4v) is 2.51. The minimum Gasteiger partial charge on any atom is -0.330 e. The lowest BCUT2D eigenvalue weighted by molar-refractivity contribution is 0.134. The Kier molecular flexibility index (Phi) is 6.48. The summed E-state index contributed by atoms with van der Waals surface area (Å²) in [4.78, 5) is 6.63. The van der Waals surface area contributed by atoms with Crippen LogP contribution in [0, 0.1) is 0 Å². The highest BCUT2D eigenvalue weighted by Gasteiger charge is 2.21. The Hall–Kier alpha value is -0.640. The Labute approximate surface area is 110 Å². The maximum atomic E-state index is 5.68. The second-order valence-corrected chi connectivity index (χ2v) is 4.55. The molecule has 1 saturated heterocycles. The van der Waals surface area contributed by atoms with Crippen LogP contribution < -0.4 is 5.73 Å². The summed E-state index contributed by atoms with van der Waals surface area (Å²) in [5.74, 6) is 0. The SMILES string of the molecule is Cl.NCCC1CCCCN1Cc1ccncc1. The fourth-order valence-electron chi connectivity index (χ4n) is 2.51. The largest absolute Gasteiger partial charge is 0.330 e. The Bertz CT molecular complexity index is 303. The molecule has 1 fully saturated rings. The van der Waals surface area contributed by atoms with Crippen molar-refractivity contribution in [2.24, 2.45) is 5.73 Å². The van der Waals surface area contributed by atoms with Gasteiger partial charge in [-0.25, -0.2) is 0 Å². The van der Waals surface area contributed by atoms with Gasteiger partial charge < -0.3 is 5.73 Å². The van der Waals surface area contributed by atoms with Gasteiger partial charge in [0, 0.05) is 25.0 Å². The number of likely N-dealkylation sites (tertiary alicyclic amines) is 1. The first-order chi connectivity index (χ1) is 7.90. The number of halogens is 1. The zero-order chi connectivity index (χ0) is 11.2. The van der Waals surface area contributed by atoms with Crippen molar-refractivity contribution in [1.29, 1.82) is 0 Å². The summed E-state index contributed by atoms with van der Waals surface area (Å²) >= 11 is 0. The summed E-state index contributed by atoms with van der Waals surface area (Å²) in [7, 11) is 0. The molecule has 0 aliphatic carbocycles. The van der Waals surface area contributed by atoms with Gasteiger partial charge in [0.05, 0.1) is 0 Å². The number of nitrogens with zero attached hydrogens (tertiary/aromatic N) is 2. The molecule has 1 aromatic heterocycles. The smallest absolute Gasteiger partial charge is 0.0271 e. The molecule has 96 valence electrons. The molecule has 2 rings (SSSR count). The van der Waals surface area contributed by atoms with Gasteiger partial charge in [0.1, 0.15) is 0 Å². The summed E-state index contributed by atoms with van der Waals surface area (Å²) in [6.45, 7) is 3.07. The molecule has 0 aromatic carbocycles. The van der Waals surface area contributed by atoms with E-state index in [-0.39, 0.29) is 12.4 Å². The van der Waals surface area contributed by atoms with Crippen molar-refractivity contribution in [3.8, 4) is 0 Å². The molecule has 1 unspecified atom stereocenters. The summed E-state index contributed by atoms with van der Waals surface area (Å²) in [5, 5.41) is 0. The summed E-state index contributed by atoms with van der Waals surface area (Å²) < 4.78 is 0. The zero-order valence-electron chi connectivity index (χ0n) is 10.2. The van der Waals surface area contributed by atoms with Crippen molar-refractivity contribution in [1.82, 2.24) is 9.88 Å². The lowest BCUT2D eigenvalue weighted by Crippen LogP contribution is -2.40. The molecule has 1 aromatic rings. The van der Waals surface area contributed by atoms with Gasteiger partial charge >= 0.3 is 0 Å². The van der Waals surface area contributed by atoms with E-state index in [2.05, 4.69) is 22.0 Å². The summed E-state index contributed by atoms with van der Waals surface area (Å²) in [6, 6.07) is 4.90. The molecule has 0 amide bonds. The van der Waals surface area contributed by atoms with Gasteiger partial charge in [0.25, 0.3) is 0 Å². The van der Waals surface area contributed by atoms with Crippen molar-refractivity contribution in [3.63, 3.8) is 0 Å². The maximum Gasteiger partial charge on any atom is 0.0271 e. The molecule has 0 bridgehead atoms. The molecule has 1 aliphatic heterocycles. The lowest BCUT2D eigenvalue weighted by Gasteiger charge is -2.35. The average Bonchev–Trinajstić information content (AvgIpc) is 2.33. The van der Waals surface area contributed by atoms with Gasteiger partial charge in [0.15, 0.2) is 0 Å². The number of hydrogen-bond donors (Lipinski definition) is 1. The third kappa shape index (κ3) is 4.26. The second kappa shape index (κ2) is 7.64. The van der Waals surface area contributed by atoms with Gasteiger partial charge in [-0.1, -0.05) is 6.42 Å². The Morgan fingerprint density at radius 1 is 1.29 bits per heavy atom. The molecule has 3 nitrogen and oxygen atoms in total. The molecular formula is C13H22ClN3. The van der Waals surface area contributed by atoms with Crippen molar-refractivity contribution < 1.29 is 0 Å². The van der Waals surface area contributed by atoms with Crippen LogP contribution in [0.15, 0.2) is 24.5 Å². The molecular weight excluding hydrogens is 234 g/mol. The summed E-state index contributed by atoms with van der Waals surface area (Å²) in [6.07, 6.45) is 8.87. The number of aromatic nitrogens is 1. The Morgan fingerprint density at radius 2 is 2.06 bits per heavy atom. The highest BCUT2D eigenvalue weighted by molar-refractivity contribution is 5.85. The van der Waals surface area contributed by atoms with Crippen LogP contribution in [0.25, 0.3) is 0 Å². The Balaban J connectivity index is 0.00000144. The van der Waals surface area contributed by atoms with Gasteiger partial charge in [0.2, 0.25) is 0 Å². The first-order valence-electron chi connectivity index (χ1n) is 6.23. The van der Waals surface area contributed by atoms with Crippen molar-refractivity contribution in [2.45, 2.75) is 38.3 Å². The van der Waals surface area contributed by atoms with Crippen LogP contribution in [0.1, 0.15) is 31.2 Å². The third-order valence-corrected chi connectivity index (χ3v) is 3.38. The minimum atomic E-state index is 0. The predicted molar refractivity (Wildman–Crippen MR) is 73.2 cm³/mol. The molecule has 0 saturated carbocycles. The van der Waals surface area contributed by atoms with E-state index in [4.69, 9.17) is 5.73 Å². The topological polar surface area (TPSA) is 42.1 Å². The predicted octanol–water partition coefficient (Wildman–Crippen LogP) is 2.21. The highest BCUT2D eigenvalue weighted by Crippen LogP contribution is 2.21. The molecule has 0 spiro atoms. The van der Waals surface area contributed by atoms with E-state index < -0.39 is 0 Å². The number of nitrogens with two attached hydrogens (primary N) is 1. The van der Waals surface area contributed by atoms with Crippen LogP contribution in [0.5, 0.6) is 0 Å². The van der Waals surface area contributed by atoms with Gasteiger partial charge in [-0.15, -0.1) is 12.4 Å². The van der Waals surface area contributed by atoms with Gasteiger partial charge in [-0.3, -0.25) is 9.88 Å². The summed E-state index contributed by atoms with van der Waals surface area (Å²) in [5.41, 5.74) is 7.04. The van der Waals surface area contributed by atoms with E-state index in [1.54, 1.807) is 0 Å². The van der Waals surface area contributed by atoms with E-state index in [1.807, 2.05) is 12.4 Å². The fraction of sp³-hybridized carbons (Fsp3) is 0.615. The van der Waals surface area contributed by atoms with E-state index in [0.29, 0.717) is 6.04 Å². The van der Waals surface area contributed by atoms with E-state index in [1.165, 1.54) is 31.4 Å². The Morgan fingerprint density at radius 3 is 2.76 bits per heavy atom. The monoisotopic (exact) mass is 255 g/mol. The maximum absolute atomic E-state index is 5.68. The van der Waals surface area contributed by atoms with Crippen LogP contribution in [-0.2, 0) is 6.54 Å². The molecule has 4 heteroatoms. The van der Waals surface area contributed by atoms with Crippen LogP contribution >= 0.6 is 12.4 Å². The number of piperidine rings is 1. The minimum absolute atomic E-state index is 0. The van der Waals surface area contributed by atoms with Crippen LogP contribution in [-0.4, -0.2) is 29.0 Å². The van der Waals surface area contributed by atoms with Gasteiger partial charge in [-0.05, 0) is 50.0 Å². The highest BCUT2D eigenvalue weighted by atomic mass is 35.5. The third-order valence-electron chi connectivity index (χ3n) is 3.38. The second-order valence-electron chi connectivity index (χ2n) is 4.55. The van der Waals surface area contributed by atoms with Crippen molar-refractivity contribution in [2.75, 3.05) is 13.1 Å². The molecule has 2 heterocycles. The molecule has 1 atom stereocenters. The number of rotatable bonds is 4. The van der Waals surface area contributed by atoms with Crippen LogP contribution in [0.4, 0.5) is 0 Å². The van der Waals surface area contributed by atoms with Crippen molar-refractivity contribution >= 4 is 12.4 Å². The van der Waals surface area contributed by atoms with E-state index in [9.17, 15) is 0 Å². The normalized spacial score (nSPS) is 20.9.